The van der Waals surface area contributed by atoms with Crippen molar-refractivity contribution in [2.45, 2.75) is 50.4 Å². The number of rotatable bonds is 6. The van der Waals surface area contributed by atoms with Gasteiger partial charge in [-0.1, -0.05) is 37.5 Å². The minimum Gasteiger partial charge on any atom is -0.370 e. The number of anilines is 1. The van der Waals surface area contributed by atoms with E-state index in [-0.39, 0.29) is 17.4 Å². The van der Waals surface area contributed by atoms with Crippen LogP contribution in [0.2, 0.25) is 0 Å². The van der Waals surface area contributed by atoms with Crippen molar-refractivity contribution in [1.82, 2.24) is 5.32 Å². The van der Waals surface area contributed by atoms with E-state index in [0.29, 0.717) is 5.56 Å². The predicted octanol–water partition coefficient (Wildman–Crippen LogP) is 5.22. The third-order valence-corrected chi connectivity index (χ3v) is 5.13. The maximum Gasteiger partial charge on any atom is 0.416 e. The average Bonchev–Trinajstić information content (AvgIpc) is 2.72. The Kier molecular flexibility index (Phi) is 6.59. The van der Waals surface area contributed by atoms with E-state index in [2.05, 4.69) is 10.6 Å². The quantitative estimate of drug-likeness (QED) is 0.495. The Balaban J connectivity index is 1.90. The van der Waals surface area contributed by atoms with Crippen molar-refractivity contribution in [3.05, 3.63) is 69.8 Å². The monoisotopic (exact) mass is 421 g/mol. The Bertz CT molecular complexity index is 912. The number of alkyl halides is 3. The van der Waals surface area contributed by atoms with Crippen molar-refractivity contribution in [2.75, 3.05) is 5.32 Å². The Morgan fingerprint density at radius 1 is 1.07 bits per heavy atom. The molecular weight excluding hydrogens is 399 g/mol. The molecule has 1 amide bonds. The van der Waals surface area contributed by atoms with E-state index in [4.69, 9.17) is 0 Å². The van der Waals surface area contributed by atoms with Crippen molar-refractivity contribution in [1.29, 1.82) is 0 Å². The second kappa shape index (κ2) is 9.15. The molecule has 1 fully saturated rings. The number of halogens is 3. The largest absolute Gasteiger partial charge is 0.416 e. The lowest BCUT2D eigenvalue weighted by atomic mass is 9.95. The number of nitrogens with one attached hydrogen (secondary N) is 2. The lowest BCUT2D eigenvalue weighted by Crippen LogP contribution is -2.41. The number of benzene rings is 2. The number of carbonyl (C=O) groups excluding carboxylic acids is 1. The third kappa shape index (κ3) is 5.49. The molecule has 1 saturated carbocycles. The second-order valence-corrected chi connectivity index (χ2v) is 7.35. The minimum atomic E-state index is -4.52. The first-order chi connectivity index (χ1) is 14.2. The van der Waals surface area contributed by atoms with E-state index in [1.807, 2.05) is 0 Å². The summed E-state index contributed by atoms with van der Waals surface area (Å²) in [6, 6.07) is 8.97. The molecule has 2 aromatic rings. The van der Waals surface area contributed by atoms with Gasteiger partial charge in [-0.15, -0.1) is 0 Å². The topological polar surface area (TPSA) is 84.3 Å². The summed E-state index contributed by atoms with van der Waals surface area (Å²) in [6.07, 6.45) is 0.223. The van der Waals surface area contributed by atoms with Crippen molar-refractivity contribution in [3.63, 3.8) is 0 Å². The van der Waals surface area contributed by atoms with E-state index in [1.54, 1.807) is 6.07 Å². The molecule has 2 aromatic carbocycles. The van der Waals surface area contributed by atoms with Crippen LogP contribution in [0.3, 0.4) is 0 Å². The van der Waals surface area contributed by atoms with E-state index in [1.165, 1.54) is 30.3 Å². The Morgan fingerprint density at radius 2 is 1.77 bits per heavy atom. The molecule has 0 aliphatic heterocycles. The van der Waals surface area contributed by atoms with Crippen LogP contribution in [0.4, 0.5) is 24.5 Å². The molecule has 1 aliphatic rings. The first kappa shape index (κ1) is 21.6. The maximum absolute atomic E-state index is 13.1. The highest BCUT2D eigenvalue weighted by Crippen LogP contribution is 2.32. The highest BCUT2D eigenvalue weighted by atomic mass is 19.4. The van der Waals surface area contributed by atoms with Gasteiger partial charge in [-0.2, -0.15) is 13.2 Å². The van der Waals surface area contributed by atoms with Gasteiger partial charge in [0.2, 0.25) is 5.91 Å². The zero-order chi connectivity index (χ0) is 21.7. The van der Waals surface area contributed by atoms with Crippen LogP contribution < -0.4 is 10.6 Å². The lowest BCUT2D eigenvalue weighted by Gasteiger charge is -2.27. The smallest absolute Gasteiger partial charge is 0.370 e. The number of nitro benzene ring substituents is 1. The molecule has 0 saturated heterocycles. The molecule has 1 aliphatic carbocycles. The predicted molar refractivity (Wildman–Crippen MR) is 106 cm³/mol. The summed E-state index contributed by atoms with van der Waals surface area (Å²) in [7, 11) is 0. The first-order valence-corrected chi connectivity index (χ1v) is 9.72. The van der Waals surface area contributed by atoms with Crippen LogP contribution in [0.15, 0.2) is 48.5 Å². The van der Waals surface area contributed by atoms with E-state index < -0.39 is 28.6 Å². The number of nitrogens with zero attached hydrogens (tertiary/aromatic N) is 1. The molecule has 3 rings (SSSR count). The van der Waals surface area contributed by atoms with Gasteiger partial charge in [0.25, 0.3) is 5.69 Å². The number of non-ortho nitro benzene ring substituents is 1. The number of carbonyl (C=O) groups is 1. The summed E-state index contributed by atoms with van der Waals surface area (Å²) in [5.41, 5.74) is -0.651. The Hall–Kier alpha value is -3.10. The van der Waals surface area contributed by atoms with Gasteiger partial charge in [0.1, 0.15) is 6.04 Å². The van der Waals surface area contributed by atoms with Crippen molar-refractivity contribution >= 4 is 17.3 Å². The second-order valence-electron chi connectivity index (χ2n) is 7.35. The lowest BCUT2D eigenvalue weighted by molar-refractivity contribution is -0.384. The summed E-state index contributed by atoms with van der Waals surface area (Å²) in [5, 5.41) is 16.9. The van der Waals surface area contributed by atoms with Crippen molar-refractivity contribution in [3.8, 4) is 0 Å². The molecule has 0 bridgehead atoms. The van der Waals surface area contributed by atoms with Crippen LogP contribution in [0.1, 0.15) is 49.3 Å². The van der Waals surface area contributed by atoms with Gasteiger partial charge in [-0.05, 0) is 36.6 Å². The molecule has 30 heavy (non-hydrogen) atoms. The molecule has 160 valence electrons. The Labute approximate surface area is 171 Å². The molecule has 0 aromatic heterocycles. The molecule has 2 N–H and O–H groups in total. The average molecular weight is 421 g/mol. The Morgan fingerprint density at radius 3 is 2.43 bits per heavy atom. The van der Waals surface area contributed by atoms with Crippen LogP contribution in [-0.2, 0) is 11.0 Å². The maximum atomic E-state index is 13.1. The van der Waals surface area contributed by atoms with Gasteiger partial charge < -0.3 is 10.6 Å². The molecule has 0 spiro atoms. The number of amides is 1. The fourth-order valence-corrected chi connectivity index (χ4v) is 3.60. The van der Waals surface area contributed by atoms with Gasteiger partial charge in [0.05, 0.1) is 10.5 Å². The zero-order valence-corrected chi connectivity index (χ0v) is 16.1. The summed E-state index contributed by atoms with van der Waals surface area (Å²) in [6.45, 7) is 0. The molecule has 1 atom stereocenters. The number of hydrogen-bond donors (Lipinski definition) is 2. The highest BCUT2D eigenvalue weighted by molar-refractivity contribution is 5.86. The van der Waals surface area contributed by atoms with Crippen LogP contribution in [-0.4, -0.2) is 16.9 Å². The SMILES string of the molecule is O=C(NC1CCCCC1)C(Nc1cccc(C(F)(F)F)c1)c1cccc([N+](=O)[O-])c1. The van der Waals surface area contributed by atoms with E-state index >= 15 is 0 Å². The fourth-order valence-electron chi connectivity index (χ4n) is 3.60. The first-order valence-electron chi connectivity index (χ1n) is 9.72. The fraction of sp³-hybridized carbons (Fsp3) is 0.381. The van der Waals surface area contributed by atoms with Gasteiger partial charge in [-0.25, -0.2) is 0 Å². The van der Waals surface area contributed by atoms with E-state index in [0.717, 1.165) is 44.2 Å². The summed E-state index contributed by atoms with van der Waals surface area (Å²) in [4.78, 5) is 23.6. The molecular formula is C21H22F3N3O3. The summed E-state index contributed by atoms with van der Waals surface area (Å²) >= 11 is 0. The molecule has 6 nitrogen and oxygen atoms in total. The summed E-state index contributed by atoms with van der Waals surface area (Å²) in [5.74, 6) is -0.431. The molecule has 9 heteroatoms. The highest BCUT2D eigenvalue weighted by Gasteiger charge is 2.31. The minimum absolute atomic E-state index is 0.0178. The molecule has 0 heterocycles. The zero-order valence-electron chi connectivity index (χ0n) is 16.1. The van der Waals surface area contributed by atoms with Gasteiger partial charge in [-0.3, -0.25) is 14.9 Å². The normalized spacial score (nSPS) is 16.0. The van der Waals surface area contributed by atoms with E-state index in [9.17, 15) is 28.1 Å². The molecule has 0 radical (unpaired) electrons. The third-order valence-electron chi connectivity index (χ3n) is 5.13. The van der Waals surface area contributed by atoms with Gasteiger partial charge in [0, 0.05) is 23.9 Å². The van der Waals surface area contributed by atoms with Crippen LogP contribution in [0, 0.1) is 10.1 Å². The number of hydrogen-bond acceptors (Lipinski definition) is 4. The van der Waals surface area contributed by atoms with Crippen LogP contribution >= 0.6 is 0 Å². The molecule has 1 unspecified atom stereocenters. The van der Waals surface area contributed by atoms with Gasteiger partial charge >= 0.3 is 6.18 Å². The standard InChI is InChI=1S/C21H22F3N3O3/c22-21(23,24)15-7-5-10-17(13-15)25-19(14-6-4-11-18(12-14)27(29)30)20(28)26-16-8-2-1-3-9-16/h4-7,10-13,16,19,25H,1-3,8-9H2,(H,26,28). The number of nitro groups is 1. The van der Waals surface area contributed by atoms with Crippen LogP contribution in [0.5, 0.6) is 0 Å². The summed E-state index contributed by atoms with van der Waals surface area (Å²) < 4.78 is 39.2. The van der Waals surface area contributed by atoms with Gasteiger partial charge in [0.15, 0.2) is 0 Å². The van der Waals surface area contributed by atoms with Crippen molar-refractivity contribution < 1.29 is 22.9 Å². The van der Waals surface area contributed by atoms with Crippen molar-refractivity contribution in [2.24, 2.45) is 0 Å². The van der Waals surface area contributed by atoms with Crippen LogP contribution in [0.25, 0.3) is 0 Å².